The fraction of sp³-hybridized carbons (Fsp3) is 0.375. The number of carbonyl (C=O) groups is 1. The number of amides is 1. The molecule has 0 unspecified atom stereocenters. The first-order valence-corrected chi connectivity index (χ1v) is 3.97. The Bertz CT molecular complexity index is 336. The minimum Gasteiger partial charge on any atom is -0.310 e. The summed E-state index contributed by atoms with van der Waals surface area (Å²) in [6, 6.07) is 1.77. The van der Waals surface area contributed by atoms with Gasteiger partial charge in [0.15, 0.2) is 0 Å². The molecule has 0 aliphatic carbocycles. The number of rotatable bonds is 3. The van der Waals surface area contributed by atoms with Gasteiger partial charge in [0.1, 0.15) is 12.2 Å². The van der Waals surface area contributed by atoms with Crippen molar-refractivity contribution in [2.24, 2.45) is 0 Å². The Morgan fingerprint density at radius 3 is 3.23 bits per heavy atom. The quantitative estimate of drug-likeness (QED) is 0.719. The molecule has 2 N–H and O–H groups in total. The summed E-state index contributed by atoms with van der Waals surface area (Å²) in [5, 5.41) is 17.3. The van der Waals surface area contributed by atoms with Crippen molar-refractivity contribution in [1.29, 1.82) is 5.26 Å². The zero-order valence-corrected chi connectivity index (χ0v) is 7.29. The summed E-state index contributed by atoms with van der Waals surface area (Å²) in [5.41, 5.74) is 0.936. The number of aromatic nitrogens is 2. The van der Waals surface area contributed by atoms with Crippen molar-refractivity contribution in [2.45, 2.75) is 19.8 Å². The zero-order chi connectivity index (χ0) is 9.68. The molecule has 0 spiro atoms. The lowest BCUT2D eigenvalue weighted by Crippen LogP contribution is -2.11. The maximum Gasteiger partial charge on any atom is 0.239 e. The molecule has 5 heteroatoms. The molecule has 0 saturated heterocycles. The van der Waals surface area contributed by atoms with Crippen LogP contribution in [0.1, 0.15) is 18.9 Å². The van der Waals surface area contributed by atoms with Crippen LogP contribution in [0.5, 0.6) is 0 Å². The average molecular weight is 178 g/mol. The first-order valence-electron chi connectivity index (χ1n) is 3.97. The van der Waals surface area contributed by atoms with Crippen LogP contribution in [0, 0.1) is 11.3 Å². The van der Waals surface area contributed by atoms with Crippen molar-refractivity contribution in [2.75, 3.05) is 5.32 Å². The molecule has 0 bridgehead atoms. The molecule has 1 amide bonds. The van der Waals surface area contributed by atoms with E-state index in [0.29, 0.717) is 5.82 Å². The highest BCUT2D eigenvalue weighted by atomic mass is 16.1. The van der Waals surface area contributed by atoms with Crippen LogP contribution in [0.4, 0.5) is 5.82 Å². The maximum absolute atomic E-state index is 11.0. The van der Waals surface area contributed by atoms with Gasteiger partial charge in [-0.3, -0.25) is 9.89 Å². The number of carbonyl (C=O) groups excluding carboxylic acids is 1. The van der Waals surface area contributed by atoms with Gasteiger partial charge in [-0.05, 0) is 6.42 Å². The molecule has 13 heavy (non-hydrogen) atoms. The maximum atomic E-state index is 11.0. The highest BCUT2D eigenvalue weighted by Crippen LogP contribution is 2.10. The molecule has 0 aliphatic heterocycles. The van der Waals surface area contributed by atoms with Crippen LogP contribution < -0.4 is 5.32 Å². The third-order valence-electron chi connectivity index (χ3n) is 1.60. The highest BCUT2D eigenvalue weighted by molar-refractivity contribution is 5.91. The van der Waals surface area contributed by atoms with Crippen molar-refractivity contribution < 1.29 is 4.79 Å². The number of aryl methyl sites for hydroxylation is 1. The second-order valence-corrected chi connectivity index (χ2v) is 2.51. The third kappa shape index (κ3) is 2.30. The van der Waals surface area contributed by atoms with E-state index in [1.54, 1.807) is 12.3 Å². The number of nitrogens with zero attached hydrogens (tertiary/aromatic N) is 2. The molecule has 5 nitrogen and oxygen atoms in total. The lowest BCUT2D eigenvalue weighted by molar-refractivity contribution is -0.115. The summed E-state index contributed by atoms with van der Waals surface area (Å²) in [4.78, 5) is 11.0. The normalized spacial score (nSPS) is 9.23. The second-order valence-electron chi connectivity index (χ2n) is 2.51. The van der Waals surface area contributed by atoms with E-state index < -0.39 is 0 Å². The Hall–Kier alpha value is -1.83. The third-order valence-corrected chi connectivity index (χ3v) is 1.60. The Kier molecular flexibility index (Phi) is 3.03. The largest absolute Gasteiger partial charge is 0.310 e. The van der Waals surface area contributed by atoms with Gasteiger partial charge < -0.3 is 5.32 Å². The Balaban J connectivity index is 2.64. The standard InChI is InChI=1S/C8H10N4O/c1-2-6-5-10-12-8(6)11-7(13)3-4-9/h5H,2-3H2,1H3,(H2,10,11,12,13). The molecule has 0 fully saturated rings. The Morgan fingerprint density at radius 1 is 1.85 bits per heavy atom. The zero-order valence-electron chi connectivity index (χ0n) is 7.29. The lowest BCUT2D eigenvalue weighted by atomic mass is 10.2. The highest BCUT2D eigenvalue weighted by Gasteiger charge is 2.06. The summed E-state index contributed by atoms with van der Waals surface area (Å²) in [5.74, 6) is 0.268. The van der Waals surface area contributed by atoms with E-state index in [1.165, 1.54) is 0 Å². The van der Waals surface area contributed by atoms with Gasteiger partial charge in [-0.1, -0.05) is 6.92 Å². The first kappa shape index (κ1) is 9.26. The summed E-state index contributed by atoms with van der Waals surface area (Å²) >= 11 is 0. The fourth-order valence-corrected chi connectivity index (χ4v) is 0.943. The topological polar surface area (TPSA) is 81.6 Å². The predicted molar refractivity (Wildman–Crippen MR) is 46.8 cm³/mol. The molecule has 0 atom stereocenters. The van der Waals surface area contributed by atoms with Crippen LogP contribution in [-0.2, 0) is 11.2 Å². The summed E-state index contributed by atoms with van der Waals surface area (Å²) in [6.45, 7) is 1.96. The van der Waals surface area contributed by atoms with E-state index in [1.807, 2.05) is 6.92 Å². The monoisotopic (exact) mass is 178 g/mol. The molecule has 0 aliphatic rings. The number of hydrogen-bond acceptors (Lipinski definition) is 3. The second kappa shape index (κ2) is 4.26. The smallest absolute Gasteiger partial charge is 0.239 e. The predicted octanol–water partition coefficient (Wildman–Crippen LogP) is 0.824. The van der Waals surface area contributed by atoms with E-state index >= 15 is 0 Å². The van der Waals surface area contributed by atoms with Gasteiger partial charge >= 0.3 is 0 Å². The van der Waals surface area contributed by atoms with Gasteiger partial charge in [0.05, 0.1) is 12.3 Å². The van der Waals surface area contributed by atoms with Crippen molar-refractivity contribution >= 4 is 11.7 Å². The van der Waals surface area contributed by atoms with E-state index in [-0.39, 0.29) is 12.3 Å². The Labute approximate surface area is 75.8 Å². The van der Waals surface area contributed by atoms with Crippen LogP contribution in [0.15, 0.2) is 6.20 Å². The minimum atomic E-state index is -0.318. The molecule has 0 saturated carbocycles. The van der Waals surface area contributed by atoms with Gasteiger partial charge in [-0.15, -0.1) is 0 Å². The van der Waals surface area contributed by atoms with Gasteiger partial charge in [0.25, 0.3) is 0 Å². The van der Waals surface area contributed by atoms with E-state index in [0.717, 1.165) is 12.0 Å². The number of aromatic amines is 1. The van der Waals surface area contributed by atoms with Crippen LogP contribution in [0.3, 0.4) is 0 Å². The molecule has 1 aromatic heterocycles. The Morgan fingerprint density at radius 2 is 2.62 bits per heavy atom. The molecule has 0 radical (unpaired) electrons. The number of anilines is 1. The van der Waals surface area contributed by atoms with Gasteiger partial charge in [-0.2, -0.15) is 10.4 Å². The van der Waals surface area contributed by atoms with Crippen LogP contribution in [-0.4, -0.2) is 16.1 Å². The molecular weight excluding hydrogens is 168 g/mol. The first-order chi connectivity index (χ1) is 6.27. The van der Waals surface area contributed by atoms with Crippen molar-refractivity contribution in [1.82, 2.24) is 10.2 Å². The van der Waals surface area contributed by atoms with Crippen LogP contribution in [0.25, 0.3) is 0 Å². The number of nitrogens with one attached hydrogen (secondary N) is 2. The average Bonchev–Trinajstić information content (AvgIpc) is 2.52. The van der Waals surface area contributed by atoms with Crippen molar-refractivity contribution in [3.05, 3.63) is 11.8 Å². The lowest BCUT2D eigenvalue weighted by Gasteiger charge is -2.00. The molecule has 1 heterocycles. The van der Waals surface area contributed by atoms with E-state index in [2.05, 4.69) is 15.5 Å². The molecular formula is C8H10N4O. The molecule has 0 aromatic carbocycles. The number of H-pyrrole nitrogens is 1. The molecule has 1 rings (SSSR count). The van der Waals surface area contributed by atoms with Gasteiger partial charge in [0, 0.05) is 5.56 Å². The summed E-state index contributed by atoms with van der Waals surface area (Å²) in [7, 11) is 0. The summed E-state index contributed by atoms with van der Waals surface area (Å²) in [6.07, 6.45) is 2.31. The summed E-state index contributed by atoms with van der Waals surface area (Å²) < 4.78 is 0. The van der Waals surface area contributed by atoms with Gasteiger partial charge in [-0.25, -0.2) is 0 Å². The van der Waals surface area contributed by atoms with Gasteiger partial charge in [0.2, 0.25) is 5.91 Å². The fourth-order valence-electron chi connectivity index (χ4n) is 0.943. The molecule has 1 aromatic rings. The van der Waals surface area contributed by atoms with E-state index in [9.17, 15) is 4.79 Å². The molecule has 68 valence electrons. The van der Waals surface area contributed by atoms with Crippen molar-refractivity contribution in [3.8, 4) is 6.07 Å². The minimum absolute atomic E-state index is 0.137. The number of hydrogen-bond donors (Lipinski definition) is 2. The van der Waals surface area contributed by atoms with E-state index in [4.69, 9.17) is 5.26 Å². The number of nitriles is 1. The SMILES string of the molecule is CCc1cn[nH]c1NC(=O)CC#N. The van der Waals surface area contributed by atoms with Crippen LogP contribution >= 0.6 is 0 Å². The van der Waals surface area contributed by atoms with Crippen LogP contribution in [0.2, 0.25) is 0 Å². The van der Waals surface area contributed by atoms with Crippen molar-refractivity contribution in [3.63, 3.8) is 0 Å².